The van der Waals surface area contributed by atoms with Crippen LogP contribution in [-0.4, -0.2) is 36.2 Å². The molecule has 0 saturated carbocycles. The highest BCUT2D eigenvalue weighted by molar-refractivity contribution is 7.89. The Morgan fingerprint density at radius 3 is 3.00 bits per heavy atom. The minimum absolute atomic E-state index is 0.0138. The van der Waals surface area contributed by atoms with Crippen molar-refractivity contribution in [3.63, 3.8) is 0 Å². The predicted octanol–water partition coefficient (Wildman–Crippen LogP) is 2.16. The summed E-state index contributed by atoms with van der Waals surface area (Å²) in [7, 11) is -3.91. The zero-order valence-corrected chi connectivity index (χ0v) is 14.2. The fourth-order valence-electron chi connectivity index (χ4n) is 2.90. The van der Waals surface area contributed by atoms with Crippen molar-refractivity contribution in [2.45, 2.75) is 30.1 Å². The molecule has 0 aliphatic heterocycles. The highest BCUT2D eigenvalue weighted by atomic mass is 35.5. The number of nitrogens with one attached hydrogen (secondary N) is 2. The summed E-state index contributed by atoms with van der Waals surface area (Å²) in [5.41, 5.74) is 1.93. The molecule has 1 heterocycles. The van der Waals surface area contributed by atoms with E-state index in [4.69, 9.17) is 16.7 Å². The Morgan fingerprint density at radius 2 is 2.25 bits per heavy atom. The average Bonchev–Trinajstić information content (AvgIpc) is 3.02. The number of benzene rings is 1. The number of aromatic carboxylic acids is 1. The molecule has 3 N–H and O–H groups in total. The van der Waals surface area contributed by atoms with Crippen LogP contribution in [0.15, 0.2) is 29.3 Å². The van der Waals surface area contributed by atoms with Crippen molar-refractivity contribution in [1.29, 1.82) is 0 Å². The summed E-state index contributed by atoms with van der Waals surface area (Å²) in [4.78, 5) is 10.8. The highest BCUT2D eigenvalue weighted by Gasteiger charge is 2.25. The van der Waals surface area contributed by atoms with Crippen LogP contribution >= 0.6 is 11.6 Å². The first-order valence-corrected chi connectivity index (χ1v) is 9.29. The largest absolute Gasteiger partial charge is 0.478 e. The summed E-state index contributed by atoms with van der Waals surface area (Å²) in [5, 5.41) is 15.9. The van der Waals surface area contributed by atoms with Gasteiger partial charge in [0, 0.05) is 18.2 Å². The Balaban J connectivity index is 1.81. The van der Waals surface area contributed by atoms with E-state index in [-0.39, 0.29) is 27.9 Å². The van der Waals surface area contributed by atoms with E-state index < -0.39 is 16.0 Å². The Kier molecular flexibility index (Phi) is 4.62. The van der Waals surface area contributed by atoms with Gasteiger partial charge in [0.1, 0.15) is 4.90 Å². The molecule has 3 rings (SSSR count). The van der Waals surface area contributed by atoms with Crippen molar-refractivity contribution in [1.82, 2.24) is 14.9 Å². The predicted molar refractivity (Wildman–Crippen MR) is 87.9 cm³/mol. The van der Waals surface area contributed by atoms with E-state index in [0.717, 1.165) is 36.6 Å². The van der Waals surface area contributed by atoms with Crippen LogP contribution in [0.4, 0.5) is 0 Å². The number of fused-ring (bicyclic) bond motifs is 1. The number of aryl methyl sites for hydroxylation is 1. The lowest BCUT2D eigenvalue weighted by Crippen LogP contribution is -2.30. The zero-order chi connectivity index (χ0) is 17.3. The highest BCUT2D eigenvalue weighted by Crippen LogP contribution is 2.30. The monoisotopic (exact) mass is 369 g/mol. The van der Waals surface area contributed by atoms with E-state index in [2.05, 4.69) is 14.9 Å². The smallest absolute Gasteiger partial charge is 0.335 e. The minimum Gasteiger partial charge on any atom is -0.478 e. The van der Waals surface area contributed by atoms with Gasteiger partial charge in [0.15, 0.2) is 0 Å². The Hall–Kier alpha value is -1.90. The average molecular weight is 370 g/mol. The normalized spacial score (nSPS) is 17.5. The van der Waals surface area contributed by atoms with Crippen LogP contribution in [0.5, 0.6) is 0 Å². The molecule has 0 amide bonds. The van der Waals surface area contributed by atoms with Crippen molar-refractivity contribution in [2.75, 3.05) is 6.54 Å². The molecule has 1 aromatic carbocycles. The van der Waals surface area contributed by atoms with Crippen molar-refractivity contribution in [3.05, 3.63) is 46.2 Å². The number of rotatable bonds is 5. The number of aromatic nitrogens is 2. The van der Waals surface area contributed by atoms with Crippen LogP contribution in [0.2, 0.25) is 5.02 Å². The Morgan fingerprint density at radius 1 is 1.46 bits per heavy atom. The third kappa shape index (κ3) is 3.31. The summed E-state index contributed by atoms with van der Waals surface area (Å²) in [6, 6.07) is 3.61. The molecule has 7 nitrogen and oxygen atoms in total. The van der Waals surface area contributed by atoms with E-state index in [0.29, 0.717) is 0 Å². The van der Waals surface area contributed by atoms with Gasteiger partial charge < -0.3 is 5.11 Å². The number of carbonyl (C=O) groups is 1. The van der Waals surface area contributed by atoms with E-state index >= 15 is 0 Å². The molecule has 0 fully saturated rings. The first-order chi connectivity index (χ1) is 11.4. The summed E-state index contributed by atoms with van der Waals surface area (Å²) in [6.45, 7) is 0.211. The number of aromatic amines is 1. The van der Waals surface area contributed by atoms with Crippen molar-refractivity contribution in [2.24, 2.45) is 0 Å². The fourth-order valence-corrected chi connectivity index (χ4v) is 4.50. The summed E-state index contributed by atoms with van der Waals surface area (Å²) < 4.78 is 27.6. The van der Waals surface area contributed by atoms with Crippen LogP contribution in [-0.2, 0) is 16.4 Å². The number of hydrogen-bond acceptors (Lipinski definition) is 4. The van der Waals surface area contributed by atoms with Gasteiger partial charge in [0.05, 0.1) is 16.8 Å². The second-order valence-electron chi connectivity index (χ2n) is 5.70. The van der Waals surface area contributed by atoms with Gasteiger partial charge in [-0.15, -0.1) is 0 Å². The quantitative estimate of drug-likeness (QED) is 0.747. The topological polar surface area (TPSA) is 112 Å². The van der Waals surface area contributed by atoms with Crippen LogP contribution in [0, 0.1) is 0 Å². The third-order valence-electron chi connectivity index (χ3n) is 4.16. The first kappa shape index (κ1) is 16.9. The molecule has 24 heavy (non-hydrogen) atoms. The number of carboxylic acid groups (broad SMARTS) is 1. The lowest BCUT2D eigenvalue weighted by molar-refractivity contribution is 0.0696. The molecule has 1 aliphatic carbocycles. The Bertz CT molecular complexity index is 879. The maximum absolute atomic E-state index is 12.5. The number of carboxylic acids is 1. The Labute approximate surface area is 144 Å². The van der Waals surface area contributed by atoms with Gasteiger partial charge in [-0.25, -0.2) is 17.9 Å². The van der Waals surface area contributed by atoms with Crippen molar-refractivity contribution >= 4 is 27.6 Å². The molecular formula is C15H16ClN3O4S. The molecular weight excluding hydrogens is 354 g/mol. The van der Waals surface area contributed by atoms with Crippen LogP contribution < -0.4 is 4.72 Å². The van der Waals surface area contributed by atoms with Gasteiger partial charge in [-0.3, -0.25) is 5.10 Å². The van der Waals surface area contributed by atoms with Gasteiger partial charge in [0.2, 0.25) is 10.0 Å². The number of hydrogen-bond donors (Lipinski definition) is 3. The fraction of sp³-hybridized carbons (Fsp3) is 0.333. The number of H-pyrrole nitrogens is 1. The number of halogens is 1. The van der Waals surface area contributed by atoms with E-state index in [1.807, 2.05) is 0 Å². The first-order valence-electron chi connectivity index (χ1n) is 7.43. The number of nitrogens with zero attached hydrogens (tertiary/aromatic N) is 1. The maximum Gasteiger partial charge on any atom is 0.335 e. The molecule has 1 atom stereocenters. The second-order valence-corrected chi connectivity index (χ2v) is 7.84. The van der Waals surface area contributed by atoms with Gasteiger partial charge in [-0.05, 0) is 43.0 Å². The molecule has 128 valence electrons. The molecule has 0 radical (unpaired) electrons. The molecule has 1 aliphatic rings. The van der Waals surface area contributed by atoms with Gasteiger partial charge in [-0.2, -0.15) is 5.10 Å². The van der Waals surface area contributed by atoms with Crippen LogP contribution in [0.25, 0.3) is 0 Å². The van der Waals surface area contributed by atoms with Gasteiger partial charge in [0.25, 0.3) is 0 Å². The van der Waals surface area contributed by atoms with Crippen LogP contribution in [0.1, 0.15) is 40.4 Å². The van der Waals surface area contributed by atoms with E-state index in [1.54, 1.807) is 6.20 Å². The molecule has 9 heteroatoms. The van der Waals surface area contributed by atoms with Crippen molar-refractivity contribution in [3.8, 4) is 0 Å². The standard InChI is InChI=1S/C15H16ClN3O4S/c16-12-5-4-9(15(20)21)6-14(12)24(22,23)18-7-10-2-1-3-13-11(10)8-17-19-13/h4-6,8,10,18H,1-3,7H2,(H,17,19)(H,20,21). The van der Waals surface area contributed by atoms with Crippen LogP contribution in [0.3, 0.4) is 0 Å². The zero-order valence-electron chi connectivity index (χ0n) is 12.6. The summed E-state index contributed by atoms with van der Waals surface area (Å²) in [5.74, 6) is -1.18. The lowest BCUT2D eigenvalue weighted by atomic mass is 9.87. The van der Waals surface area contributed by atoms with Crippen molar-refractivity contribution < 1.29 is 18.3 Å². The molecule has 1 aromatic heterocycles. The van der Waals surface area contributed by atoms with E-state index in [1.165, 1.54) is 12.1 Å². The molecule has 0 bridgehead atoms. The third-order valence-corrected chi connectivity index (χ3v) is 6.06. The van der Waals surface area contributed by atoms with Gasteiger partial charge >= 0.3 is 5.97 Å². The maximum atomic E-state index is 12.5. The second kappa shape index (κ2) is 6.54. The summed E-state index contributed by atoms with van der Waals surface area (Å²) >= 11 is 5.94. The number of sulfonamides is 1. The summed E-state index contributed by atoms with van der Waals surface area (Å²) in [6.07, 6.45) is 4.45. The van der Waals surface area contributed by atoms with E-state index in [9.17, 15) is 13.2 Å². The molecule has 0 saturated heterocycles. The van der Waals surface area contributed by atoms with Gasteiger partial charge in [-0.1, -0.05) is 11.6 Å². The lowest BCUT2D eigenvalue weighted by Gasteiger charge is -2.22. The minimum atomic E-state index is -3.91. The SMILES string of the molecule is O=C(O)c1ccc(Cl)c(S(=O)(=O)NCC2CCCc3[nH]ncc32)c1. The molecule has 0 spiro atoms. The molecule has 2 aromatic rings. The molecule has 1 unspecified atom stereocenters.